The van der Waals surface area contributed by atoms with Crippen LogP contribution in [0.1, 0.15) is 36.7 Å². The Kier molecular flexibility index (Phi) is 6.89. The molecule has 0 aliphatic carbocycles. The molecule has 2 radical (unpaired) electrons. The van der Waals surface area contributed by atoms with E-state index >= 15 is 0 Å². The van der Waals surface area contributed by atoms with Crippen LogP contribution < -0.4 is 10.6 Å². The van der Waals surface area contributed by atoms with Gasteiger partial charge in [-0.1, -0.05) is 28.9 Å². The lowest BCUT2D eigenvalue weighted by atomic mass is 9.69. The van der Waals surface area contributed by atoms with Crippen LogP contribution in [-0.4, -0.2) is 32.8 Å². The van der Waals surface area contributed by atoms with Gasteiger partial charge in [-0.05, 0) is 43.7 Å². The van der Waals surface area contributed by atoms with Gasteiger partial charge < -0.3 is 10.6 Å². The summed E-state index contributed by atoms with van der Waals surface area (Å²) in [4.78, 5) is 8.20. The molecule has 1 atom stereocenters. The molecule has 0 fully saturated rings. The van der Waals surface area contributed by atoms with Crippen molar-refractivity contribution in [2.45, 2.75) is 25.3 Å². The van der Waals surface area contributed by atoms with E-state index in [2.05, 4.69) is 37.0 Å². The monoisotopic (exact) mass is 540 g/mol. The van der Waals surface area contributed by atoms with Crippen molar-refractivity contribution in [1.29, 1.82) is 5.26 Å². The van der Waals surface area contributed by atoms with Gasteiger partial charge >= 0.3 is 0 Å². The molecule has 3 aromatic heterocycles. The summed E-state index contributed by atoms with van der Waals surface area (Å²) in [5.41, 5.74) is 1.21. The molecular weight excluding hydrogens is 521 g/mol. The molecule has 8 nitrogen and oxygen atoms in total. The maximum Gasteiger partial charge on any atom is 0.143 e. The van der Waals surface area contributed by atoms with Gasteiger partial charge in [-0.3, -0.25) is 9.97 Å². The van der Waals surface area contributed by atoms with Gasteiger partial charge in [0.25, 0.3) is 0 Å². The SMILES string of the molecule is [B]C(Nc1cc(Cl)c2ncc(C#N)c(Nc3cncc(F)c3)c2c1)(c1ccc(F)cc1)c1cn(C(C)C)nn1. The van der Waals surface area contributed by atoms with Gasteiger partial charge in [0.1, 0.15) is 31.2 Å². The first-order valence-electron chi connectivity index (χ1n) is 11.8. The number of benzene rings is 2. The summed E-state index contributed by atoms with van der Waals surface area (Å²) in [6, 6.07) is 12.4. The Morgan fingerprint density at radius 2 is 1.82 bits per heavy atom. The molecular formula is C27H20BClF2N8. The van der Waals surface area contributed by atoms with Crippen LogP contribution in [-0.2, 0) is 5.44 Å². The highest BCUT2D eigenvalue weighted by Gasteiger charge is 2.32. The largest absolute Gasteiger partial charge is 0.378 e. The van der Waals surface area contributed by atoms with Crippen molar-refractivity contribution >= 4 is 47.4 Å². The number of hydrogen-bond acceptors (Lipinski definition) is 7. The summed E-state index contributed by atoms with van der Waals surface area (Å²) in [7, 11) is 6.94. The van der Waals surface area contributed by atoms with Crippen molar-refractivity contribution in [2.75, 3.05) is 10.6 Å². The lowest BCUT2D eigenvalue weighted by Gasteiger charge is -2.32. The normalized spacial score (nSPS) is 12.7. The number of nitrogens with zero attached hydrogens (tertiary/aromatic N) is 6. The Hall–Kier alpha value is -4.56. The van der Waals surface area contributed by atoms with Gasteiger partial charge in [-0.25, -0.2) is 13.5 Å². The van der Waals surface area contributed by atoms with Crippen LogP contribution in [0.3, 0.4) is 0 Å². The number of nitriles is 1. The second-order valence-corrected chi connectivity index (χ2v) is 9.55. The molecule has 1 unspecified atom stereocenters. The van der Waals surface area contributed by atoms with Crippen LogP contribution in [0, 0.1) is 23.0 Å². The number of pyridine rings is 2. The number of fused-ring (bicyclic) bond motifs is 1. The molecule has 0 spiro atoms. The number of nitrogens with one attached hydrogen (secondary N) is 2. The van der Waals surface area contributed by atoms with Crippen molar-refractivity contribution in [3.05, 3.63) is 101 Å². The van der Waals surface area contributed by atoms with Crippen LogP contribution in [0.4, 0.5) is 25.8 Å². The van der Waals surface area contributed by atoms with E-state index in [9.17, 15) is 14.0 Å². The average Bonchev–Trinajstić information content (AvgIpc) is 3.41. The third-order valence-corrected chi connectivity index (χ3v) is 6.39. The number of anilines is 3. The van der Waals surface area contributed by atoms with Gasteiger partial charge in [0.2, 0.25) is 0 Å². The Morgan fingerprint density at radius 1 is 1.05 bits per heavy atom. The minimum Gasteiger partial charge on any atom is -0.378 e. The minimum absolute atomic E-state index is 0.0280. The van der Waals surface area contributed by atoms with Gasteiger partial charge in [-0.15, -0.1) is 5.10 Å². The predicted octanol–water partition coefficient (Wildman–Crippen LogP) is 5.83. The summed E-state index contributed by atoms with van der Waals surface area (Å²) < 4.78 is 29.3. The molecule has 0 aliphatic rings. The average molecular weight is 541 g/mol. The van der Waals surface area contributed by atoms with E-state index in [1.54, 1.807) is 35.1 Å². The summed E-state index contributed by atoms with van der Waals surface area (Å²) in [5, 5.41) is 25.3. The van der Waals surface area contributed by atoms with Crippen LogP contribution in [0.25, 0.3) is 10.9 Å². The maximum absolute atomic E-state index is 13.8. The lowest BCUT2D eigenvalue weighted by molar-refractivity contribution is 0.514. The van der Waals surface area contributed by atoms with E-state index in [1.807, 2.05) is 13.8 Å². The standard InChI is InChI=1S/C27H20BClF2N8/c1-15(2)39-14-24(37-38-39)27(28,17-3-5-18(30)6-4-17)36-20-8-22-25(35-21-7-19(31)12-33-13-21)16(10-32)11-34-26(22)23(29)9-20/h3-9,11-15,36H,1-2H3,(H,34,35). The Bertz CT molecular complexity index is 1720. The van der Waals surface area contributed by atoms with Crippen molar-refractivity contribution in [1.82, 2.24) is 25.0 Å². The van der Waals surface area contributed by atoms with Crippen molar-refractivity contribution in [3.8, 4) is 6.07 Å². The molecule has 5 aromatic rings. The molecule has 0 saturated heterocycles. The summed E-state index contributed by atoms with van der Waals surface area (Å²) in [6.45, 7) is 3.90. The Morgan fingerprint density at radius 3 is 2.49 bits per heavy atom. The highest BCUT2D eigenvalue weighted by Crippen LogP contribution is 2.37. The number of rotatable bonds is 7. The fourth-order valence-corrected chi connectivity index (χ4v) is 4.38. The lowest BCUT2D eigenvalue weighted by Crippen LogP contribution is -2.37. The van der Waals surface area contributed by atoms with Gasteiger partial charge in [-0.2, -0.15) is 5.26 Å². The molecule has 2 N–H and O–H groups in total. The zero-order chi connectivity index (χ0) is 27.7. The van der Waals surface area contributed by atoms with E-state index < -0.39 is 17.1 Å². The van der Waals surface area contributed by atoms with Crippen LogP contribution in [0.2, 0.25) is 5.02 Å². The molecule has 192 valence electrons. The van der Waals surface area contributed by atoms with Crippen molar-refractivity contribution < 1.29 is 8.78 Å². The molecule has 0 saturated carbocycles. The fourth-order valence-electron chi connectivity index (χ4n) is 4.11. The van der Waals surface area contributed by atoms with Crippen molar-refractivity contribution in [2.24, 2.45) is 0 Å². The van der Waals surface area contributed by atoms with Crippen LogP contribution >= 0.6 is 11.6 Å². The van der Waals surface area contributed by atoms with Crippen LogP contribution in [0.5, 0.6) is 0 Å². The molecule has 12 heteroatoms. The first-order valence-corrected chi connectivity index (χ1v) is 12.2. The smallest absolute Gasteiger partial charge is 0.143 e. The summed E-state index contributed by atoms with van der Waals surface area (Å²) in [6.07, 6.45) is 5.60. The zero-order valence-electron chi connectivity index (χ0n) is 20.8. The number of aromatic nitrogens is 5. The molecule has 0 aliphatic heterocycles. The van der Waals surface area contributed by atoms with E-state index in [1.165, 1.54) is 30.6 Å². The second kappa shape index (κ2) is 10.3. The summed E-state index contributed by atoms with van der Waals surface area (Å²) in [5.74, 6) is -0.961. The molecule has 0 bridgehead atoms. The topological polar surface area (TPSA) is 104 Å². The second-order valence-electron chi connectivity index (χ2n) is 9.15. The van der Waals surface area contributed by atoms with Crippen molar-refractivity contribution in [3.63, 3.8) is 0 Å². The highest BCUT2D eigenvalue weighted by molar-refractivity contribution is 6.36. The predicted molar refractivity (Wildman–Crippen MR) is 146 cm³/mol. The Balaban J connectivity index is 1.66. The van der Waals surface area contributed by atoms with Gasteiger partial charge in [0.15, 0.2) is 0 Å². The first kappa shape index (κ1) is 26.1. The van der Waals surface area contributed by atoms with Gasteiger partial charge in [0.05, 0.1) is 51.5 Å². The molecule has 39 heavy (non-hydrogen) atoms. The number of halogens is 3. The molecule has 5 rings (SSSR count). The minimum atomic E-state index is -1.45. The van der Waals surface area contributed by atoms with E-state index in [0.29, 0.717) is 39.2 Å². The quantitative estimate of drug-likeness (QED) is 0.250. The van der Waals surface area contributed by atoms with E-state index in [4.69, 9.17) is 19.4 Å². The van der Waals surface area contributed by atoms with Gasteiger partial charge in [0, 0.05) is 29.4 Å². The third kappa shape index (κ3) is 5.11. The Labute approximate surface area is 229 Å². The summed E-state index contributed by atoms with van der Waals surface area (Å²) >= 11 is 6.64. The maximum atomic E-state index is 13.8. The highest BCUT2D eigenvalue weighted by atomic mass is 35.5. The number of hydrogen-bond donors (Lipinski definition) is 2. The van der Waals surface area contributed by atoms with E-state index in [0.717, 1.165) is 6.20 Å². The molecule has 3 heterocycles. The fraction of sp³-hybridized carbons (Fsp3) is 0.148. The van der Waals surface area contributed by atoms with Crippen LogP contribution in [0.15, 0.2) is 67.3 Å². The molecule has 0 amide bonds. The molecule has 2 aromatic carbocycles. The zero-order valence-corrected chi connectivity index (χ0v) is 21.6. The first-order chi connectivity index (χ1) is 18.7. The third-order valence-electron chi connectivity index (χ3n) is 6.10. The van der Waals surface area contributed by atoms with E-state index in [-0.39, 0.29) is 16.6 Å².